The lowest BCUT2D eigenvalue weighted by Crippen LogP contribution is -2.10. The molecule has 0 nitrogen and oxygen atoms in total. The Balaban J connectivity index is 0.000000289. The van der Waals surface area contributed by atoms with Crippen molar-refractivity contribution in [3.8, 4) is 0 Å². The van der Waals surface area contributed by atoms with Gasteiger partial charge in [0.25, 0.3) is 0 Å². The molecule has 0 unspecified atom stereocenters. The van der Waals surface area contributed by atoms with Gasteiger partial charge in [-0.05, 0) is 53.9 Å². The molecule has 0 bridgehead atoms. The van der Waals surface area contributed by atoms with Crippen molar-refractivity contribution in [1.82, 2.24) is 0 Å². The zero-order valence-corrected chi connectivity index (χ0v) is 18.9. The van der Waals surface area contributed by atoms with Gasteiger partial charge in [-0.3, -0.25) is 0 Å². The largest absolute Gasteiger partial charge is 0.0955 e. The first kappa shape index (κ1) is 23.0. The molecule has 0 spiro atoms. The summed E-state index contributed by atoms with van der Waals surface area (Å²) in [6, 6.07) is 17.4. The fraction of sp³-hybridized carbons (Fsp3) is 0.407. The summed E-state index contributed by atoms with van der Waals surface area (Å²) in [4.78, 5) is 0. The van der Waals surface area contributed by atoms with E-state index in [2.05, 4.69) is 117 Å². The van der Waals surface area contributed by atoms with E-state index in [-0.39, 0.29) is 10.8 Å². The van der Waals surface area contributed by atoms with Crippen molar-refractivity contribution in [2.45, 2.75) is 67.7 Å². The monoisotopic (exact) mass is 362 g/mol. The number of benzene rings is 2. The second kappa shape index (κ2) is 9.22. The van der Waals surface area contributed by atoms with Gasteiger partial charge in [-0.2, -0.15) is 0 Å². The SMILES string of the molecule is C=C(C)c1ccc(/C(C)=C/C(C)(C)C)cc1.Cc1ccc(C(C)(C)C)cc1. The second-order valence-corrected chi connectivity index (χ2v) is 9.67. The highest BCUT2D eigenvalue weighted by Gasteiger charge is 2.12. The average Bonchev–Trinajstić information content (AvgIpc) is 2.53. The lowest BCUT2D eigenvalue weighted by Gasteiger charge is -2.18. The van der Waals surface area contributed by atoms with Gasteiger partial charge in [0.15, 0.2) is 0 Å². The zero-order valence-electron chi connectivity index (χ0n) is 18.9. The molecule has 0 aliphatic rings. The molecule has 0 amide bonds. The zero-order chi connectivity index (χ0) is 20.8. The Morgan fingerprint density at radius 2 is 1.19 bits per heavy atom. The predicted octanol–water partition coefficient (Wildman–Crippen LogP) is 8.46. The molecule has 0 saturated heterocycles. The van der Waals surface area contributed by atoms with Crippen LogP contribution < -0.4 is 0 Å². The molecule has 0 atom stereocenters. The second-order valence-electron chi connectivity index (χ2n) is 9.67. The highest BCUT2D eigenvalue weighted by Crippen LogP contribution is 2.24. The number of allylic oxidation sites excluding steroid dienone is 3. The third-order valence-corrected chi connectivity index (χ3v) is 4.40. The van der Waals surface area contributed by atoms with Crippen LogP contribution in [0.3, 0.4) is 0 Å². The van der Waals surface area contributed by atoms with Crippen LogP contribution in [-0.4, -0.2) is 0 Å². The van der Waals surface area contributed by atoms with Gasteiger partial charge >= 0.3 is 0 Å². The van der Waals surface area contributed by atoms with Gasteiger partial charge < -0.3 is 0 Å². The highest BCUT2D eigenvalue weighted by molar-refractivity contribution is 5.68. The van der Waals surface area contributed by atoms with Crippen molar-refractivity contribution in [1.29, 1.82) is 0 Å². The summed E-state index contributed by atoms with van der Waals surface area (Å²) in [7, 11) is 0. The number of aryl methyl sites for hydroxylation is 1. The maximum absolute atomic E-state index is 3.94. The Morgan fingerprint density at radius 3 is 1.56 bits per heavy atom. The van der Waals surface area contributed by atoms with Crippen LogP contribution in [0.4, 0.5) is 0 Å². The fourth-order valence-corrected chi connectivity index (χ4v) is 2.80. The van der Waals surface area contributed by atoms with E-state index in [1.165, 1.54) is 27.8 Å². The van der Waals surface area contributed by atoms with Crippen LogP contribution in [0.2, 0.25) is 0 Å². The lowest BCUT2D eigenvalue weighted by atomic mass is 9.87. The molecule has 2 aromatic carbocycles. The number of hydrogen-bond donors (Lipinski definition) is 0. The van der Waals surface area contributed by atoms with E-state index in [9.17, 15) is 0 Å². The molecule has 0 heteroatoms. The minimum Gasteiger partial charge on any atom is -0.0955 e. The van der Waals surface area contributed by atoms with Crippen LogP contribution in [0.15, 0.2) is 61.2 Å². The van der Waals surface area contributed by atoms with Gasteiger partial charge in [0.05, 0.1) is 0 Å². The van der Waals surface area contributed by atoms with Crippen LogP contribution in [0, 0.1) is 12.3 Å². The minimum absolute atomic E-state index is 0.233. The molecular formula is C27H38. The van der Waals surface area contributed by atoms with Crippen LogP contribution in [-0.2, 0) is 5.41 Å². The molecule has 2 rings (SSSR count). The Kier molecular flexibility index (Phi) is 7.84. The van der Waals surface area contributed by atoms with E-state index in [0.29, 0.717) is 0 Å². The Hall–Kier alpha value is -2.08. The minimum atomic E-state index is 0.233. The average molecular weight is 363 g/mol. The third kappa shape index (κ3) is 8.43. The first-order chi connectivity index (χ1) is 12.3. The van der Waals surface area contributed by atoms with E-state index in [1.807, 2.05) is 6.92 Å². The molecule has 0 saturated carbocycles. The van der Waals surface area contributed by atoms with Crippen molar-refractivity contribution in [3.05, 3.63) is 83.4 Å². The summed E-state index contributed by atoms with van der Waals surface area (Å²) in [5.74, 6) is 0. The Bertz CT molecular complexity index is 755. The summed E-state index contributed by atoms with van der Waals surface area (Å²) in [5, 5.41) is 0. The van der Waals surface area contributed by atoms with E-state index in [4.69, 9.17) is 0 Å². The lowest BCUT2D eigenvalue weighted by molar-refractivity contribution is 0.545. The summed E-state index contributed by atoms with van der Waals surface area (Å²) in [6.45, 7) is 23.6. The van der Waals surface area contributed by atoms with Gasteiger partial charge in [0, 0.05) is 0 Å². The molecule has 0 heterocycles. The van der Waals surface area contributed by atoms with Gasteiger partial charge in [0.1, 0.15) is 0 Å². The maximum atomic E-state index is 3.94. The third-order valence-electron chi connectivity index (χ3n) is 4.40. The van der Waals surface area contributed by atoms with Crippen LogP contribution in [0.1, 0.15) is 77.6 Å². The van der Waals surface area contributed by atoms with Crippen LogP contribution >= 0.6 is 0 Å². The predicted molar refractivity (Wildman–Crippen MR) is 124 cm³/mol. The Labute approximate surface area is 168 Å². The van der Waals surface area contributed by atoms with Gasteiger partial charge in [-0.1, -0.05) is 114 Å². The Morgan fingerprint density at radius 1 is 0.741 bits per heavy atom. The maximum Gasteiger partial charge on any atom is -0.0132 e. The fourth-order valence-electron chi connectivity index (χ4n) is 2.80. The van der Waals surface area contributed by atoms with Crippen LogP contribution in [0.25, 0.3) is 11.1 Å². The molecule has 146 valence electrons. The highest BCUT2D eigenvalue weighted by atomic mass is 14.2. The number of hydrogen-bond acceptors (Lipinski definition) is 0. The van der Waals surface area contributed by atoms with Crippen molar-refractivity contribution < 1.29 is 0 Å². The summed E-state index contributed by atoms with van der Waals surface area (Å²) < 4.78 is 0. The van der Waals surface area contributed by atoms with E-state index < -0.39 is 0 Å². The summed E-state index contributed by atoms with van der Waals surface area (Å²) >= 11 is 0. The molecule has 0 radical (unpaired) electrons. The van der Waals surface area contributed by atoms with Gasteiger partial charge in [0.2, 0.25) is 0 Å². The molecule has 0 fully saturated rings. The molecular weight excluding hydrogens is 324 g/mol. The first-order valence-electron chi connectivity index (χ1n) is 9.82. The molecule has 0 aromatic heterocycles. The quantitative estimate of drug-likeness (QED) is 0.502. The van der Waals surface area contributed by atoms with Gasteiger partial charge in [-0.25, -0.2) is 0 Å². The van der Waals surface area contributed by atoms with E-state index in [0.717, 1.165) is 5.57 Å². The van der Waals surface area contributed by atoms with Crippen molar-refractivity contribution >= 4 is 11.1 Å². The normalized spacial score (nSPS) is 12.3. The molecule has 27 heavy (non-hydrogen) atoms. The van der Waals surface area contributed by atoms with E-state index >= 15 is 0 Å². The summed E-state index contributed by atoms with van der Waals surface area (Å²) in [6.07, 6.45) is 2.31. The van der Waals surface area contributed by atoms with Gasteiger partial charge in [-0.15, -0.1) is 0 Å². The first-order valence-corrected chi connectivity index (χ1v) is 9.82. The smallest absolute Gasteiger partial charge is 0.0132 e. The number of rotatable bonds is 2. The summed E-state index contributed by atoms with van der Waals surface area (Å²) in [5.41, 5.74) is 8.21. The van der Waals surface area contributed by atoms with Crippen molar-refractivity contribution in [2.24, 2.45) is 5.41 Å². The van der Waals surface area contributed by atoms with Crippen molar-refractivity contribution in [3.63, 3.8) is 0 Å². The van der Waals surface area contributed by atoms with Crippen LogP contribution in [0.5, 0.6) is 0 Å². The topological polar surface area (TPSA) is 0 Å². The molecule has 2 aromatic rings. The molecule has 0 aliphatic heterocycles. The standard InChI is InChI=1S/C16H22.C11H16/c1-12(2)14-7-9-15(10-8-14)13(3)11-16(4,5)6;1-9-5-7-10(8-6-9)11(2,3)4/h7-11H,1H2,2-6H3;5-8H,1-4H3/b13-11+;. The molecule has 0 N–H and O–H groups in total. The van der Waals surface area contributed by atoms with E-state index in [1.54, 1.807) is 0 Å². The van der Waals surface area contributed by atoms with Crippen molar-refractivity contribution in [2.75, 3.05) is 0 Å². The molecule has 0 aliphatic carbocycles.